The maximum atomic E-state index is 13.3. The first-order valence-corrected chi connectivity index (χ1v) is 12.8. The Balaban J connectivity index is 1.07. The van der Waals surface area contributed by atoms with Crippen molar-refractivity contribution >= 4 is 17.5 Å². The monoisotopic (exact) mass is 440 g/mol. The molecule has 33 heavy (non-hydrogen) atoms. The Bertz CT molecular complexity index is 1140. The SMILES string of the molecule is O=C(CC12CC3CC4CC(C1)C4(C3)C2)Nc1cccc2c1CCN(Cc1ccccc1)C2=O. The zero-order chi connectivity index (χ0) is 22.2. The van der Waals surface area contributed by atoms with Crippen LogP contribution in [0.1, 0.15) is 66.4 Å². The Kier molecular flexibility index (Phi) is 4.17. The van der Waals surface area contributed by atoms with Crippen LogP contribution >= 0.6 is 0 Å². The van der Waals surface area contributed by atoms with Crippen LogP contribution in [0.15, 0.2) is 48.5 Å². The van der Waals surface area contributed by atoms with Gasteiger partial charge in [-0.05, 0) is 96.8 Å². The van der Waals surface area contributed by atoms with Gasteiger partial charge in [0.2, 0.25) is 5.91 Å². The molecular weight excluding hydrogens is 408 g/mol. The van der Waals surface area contributed by atoms with Crippen LogP contribution in [0.3, 0.4) is 0 Å². The van der Waals surface area contributed by atoms with E-state index in [-0.39, 0.29) is 17.2 Å². The predicted molar refractivity (Wildman–Crippen MR) is 128 cm³/mol. The molecule has 1 aliphatic heterocycles. The zero-order valence-electron chi connectivity index (χ0n) is 19.2. The molecule has 0 aromatic heterocycles. The Hall–Kier alpha value is -2.62. The van der Waals surface area contributed by atoms with Crippen LogP contribution in [0.2, 0.25) is 0 Å². The fourth-order valence-electron chi connectivity index (χ4n) is 8.93. The summed E-state index contributed by atoms with van der Waals surface area (Å²) >= 11 is 0. The molecule has 2 aromatic rings. The molecule has 4 aliphatic carbocycles. The molecule has 7 rings (SSSR count). The second kappa shape index (κ2) is 6.94. The fourth-order valence-corrected chi connectivity index (χ4v) is 8.93. The van der Waals surface area contributed by atoms with Gasteiger partial charge in [0, 0.05) is 30.8 Å². The normalized spacial score (nSPS) is 35.2. The van der Waals surface area contributed by atoms with Crippen LogP contribution in [0.25, 0.3) is 0 Å². The van der Waals surface area contributed by atoms with Crippen molar-refractivity contribution in [1.29, 1.82) is 0 Å². The molecule has 1 spiro atoms. The lowest BCUT2D eigenvalue weighted by Gasteiger charge is -2.49. The second-order valence-corrected chi connectivity index (χ2v) is 11.8. The van der Waals surface area contributed by atoms with Gasteiger partial charge in [0.05, 0.1) is 0 Å². The molecule has 4 saturated carbocycles. The molecule has 5 aliphatic rings. The van der Waals surface area contributed by atoms with Gasteiger partial charge in [-0.3, -0.25) is 9.59 Å². The van der Waals surface area contributed by atoms with Crippen molar-refractivity contribution in [2.45, 2.75) is 57.9 Å². The Labute approximate surface area is 195 Å². The maximum absolute atomic E-state index is 13.3. The quantitative estimate of drug-likeness (QED) is 0.674. The minimum atomic E-state index is 0.0659. The number of rotatable bonds is 5. The van der Waals surface area contributed by atoms with Crippen molar-refractivity contribution in [3.05, 3.63) is 65.2 Å². The summed E-state index contributed by atoms with van der Waals surface area (Å²) in [5.74, 6) is 2.93. The summed E-state index contributed by atoms with van der Waals surface area (Å²) in [4.78, 5) is 28.4. The van der Waals surface area contributed by atoms with Crippen LogP contribution in [0.4, 0.5) is 5.69 Å². The summed E-state index contributed by atoms with van der Waals surface area (Å²) < 4.78 is 0. The van der Waals surface area contributed by atoms with Crippen molar-refractivity contribution in [2.75, 3.05) is 11.9 Å². The number of fused-ring (bicyclic) bond motifs is 3. The van der Waals surface area contributed by atoms with Crippen molar-refractivity contribution in [3.8, 4) is 0 Å². The molecule has 5 unspecified atom stereocenters. The highest BCUT2D eigenvalue weighted by Crippen LogP contribution is 2.79. The third kappa shape index (κ3) is 2.95. The number of carbonyl (C=O) groups is 2. The minimum absolute atomic E-state index is 0.0659. The highest BCUT2D eigenvalue weighted by Gasteiger charge is 2.70. The number of nitrogens with one attached hydrogen (secondary N) is 1. The van der Waals surface area contributed by atoms with Gasteiger partial charge in [-0.1, -0.05) is 36.4 Å². The van der Waals surface area contributed by atoms with Crippen molar-refractivity contribution in [2.24, 2.45) is 28.6 Å². The van der Waals surface area contributed by atoms with Crippen molar-refractivity contribution < 1.29 is 9.59 Å². The average Bonchev–Trinajstić information content (AvgIpc) is 3.11. The molecule has 2 aromatic carbocycles. The molecule has 170 valence electrons. The molecule has 5 atom stereocenters. The summed E-state index contributed by atoms with van der Waals surface area (Å²) in [5.41, 5.74) is 4.59. The van der Waals surface area contributed by atoms with Crippen LogP contribution < -0.4 is 5.32 Å². The van der Waals surface area contributed by atoms with Crippen LogP contribution in [-0.2, 0) is 17.8 Å². The minimum Gasteiger partial charge on any atom is -0.334 e. The fraction of sp³-hybridized carbons (Fsp3) is 0.517. The Morgan fingerprint density at radius 2 is 1.88 bits per heavy atom. The van der Waals surface area contributed by atoms with Gasteiger partial charge in [0.15, 0.2) is 0 Å². The first kappa shape index (κ1) is 19.8. The lowest BCUT2D eigenvalue weighted by atomic mass is 9.55. The third-order valence-corrected chi connectivity index (χ3v) is 9.94. The van der Waals surface area contributed by atoms with Gasteiger partial charge in [0.25, 0.3) is 5.91 Å². The average molecular weight is 441 g/mol. The largest absolute Gasteiger partial charge is 0.334 e. The number of benzene rings is 2. The van der Waals surface area contributed by atoms with Gasteiger partial charge in [0.1, 0.15) is 0 Å². The number of amides is 2. The lowest BCUT2D eigenvalue weighted by Crippen LogP contribution is -2.42. The number of carbonyl (C=O) groups excluding carboxylic acids is 2. The number of hydrogen-bond donors (Lipinski definition) is 1. The summed E-state index contributed by atoms with van der Waals surface area (Å²) in [7, 11) is 0. The molecule has 0 saturated heterocycles. The van der Waals surface area contributed by atoms with Gasteiger partial charge in [-0.25, -0.2) is 0 Å². The van der Waals surface area contributed by atoms with E-state index in [1.54, 1.807) is 0 Å². The molecule has 0 radical (unpaired) electrons. The lowest BCUT2D eigenvalue weighted by molar-refractivity contribution is -0.119. The first-order valence-electron chi connectivity index (χ1n) is 12.8. The van der Waals surface area contributed by atoms with Crippen LogP contribution in [0.5, 0.6) is 0 Å². The standard InChI is InChI=1S/C29H32N2O2/c32-26(16-28-13-20-11-21-12-22(15-28)29(21,14-20)18-28)30-25-8-4-7-24-23(25)9-10-31(27(24)33)17-19-5-2-1-3-6-19/h1-8,20-22H,9-18H2,(H,30,32). The molecule has 3 bridgehead atoms. The van der Waals surface area contributed by atoms with Gasteiger partial charge in [-0.2, -0.15) is 0 Å². The van der Waals surface area contributed by atoms with E-state index in [4.69, 9.17) is 0 Å². The van der Waals surface area contributed by atoms with Crippen LogP contribution in [-0.4, -0.2) is 23.3 Å². The molecule has 2 amide bonds. The number of hydrogen-bond acceptors (Lipinski definition) is 2. The predicted octanol–water partition coefficient (Wildman–Crippen LogP) is 5.43. The molecule has 1 N–H and O–H groups in total. The van der Waals surface area contributed by atoms with E-state index in [2.05, 4.69) is 17.4 Å². The third-order valence-electron chi connectivity index (χ3n) is 9.94. The number of nitrogens with zero attached hydrogens (tertiary/aromatic N) is 1. The van der Waals surface area contributed by atoms with E-state index < -0.39 is 0 Å². The molecular formula is C29H32N2O2. The van der Waals surface area contributed by atoms with E-state index in [1.807, 2.05) is 41.3 Å². The molecule has 4 heteroatoms. The molecule has 4 nitrogen and oxygen atoms in total. The number of anilines is 1. The maximum Gasteiger partial charge on any atom is 0.254 e. The van der Waals surface area contributed by atoms with E-state index >= 15 is 0 Å². The van der Waals surface area contributed by atoms with Gasteiger partial charge in [-0.15, -0.1) is 0 Å². The Morgan fingerprint density at radius 3 is 2.76 bits per heavy atom. The van der Waals surface area contributed by atoms with Crippen molar-refractivity contribution in [3.63, 3.8) is 0 Å². The zero-order valence-corrected chi connectivity index (χ0v) is 19.2. The molecule has 1 heterocycles. The summed E-state index contributed by atoms with van der Waals surface area (Å²) in [6.07, 6.45) is 9.55. The second-order valence-electron chi connectivity index (χ2n) is 11.8. The summed E-state index contributed by atoms with van der Waals surface area (Å²) in [6, 6.07) is 16.0. The van der Waals surface area contributed by atoms with E-state index in [1.165, 1.54) is 38.5 Å². The first-order chi connectivity index (χ1) is 16.0. The van der Waals surface area contributed by atoms with E-state index in [9.17, 15) is 9.59 Å². The molecule has 4 fully saturated rings. The summed E-state index contributed by atoms with van der Waals surface area (Å²) in [6.45, 7) is 1.31. The van der Waals surface area contributed by atoms with Gasteiger partial charge < -0.3 is 10.2 Å². The van der Waals surface area contributed by atoms with Crippen molar-refractivity contribution in [1.82, 2.24) is 4.90 Å². The topological polar surface area (TPSA) is 49.4 Å². The smallest absolute Gasteiger partial charge is 0.254 e. The highest BCUT2D eigenvalue weighted by atomic mass is 16.2. The summed E-state index contributed by atoms with van der Waals surface area (Å²) in [5, 5.41) is 3.25. The van der Waals surface area contributed by atoms with Crippen LogP contribution in [0, 0.1) is 28.6 Å². The highest BCUT2D eigenvalue weighted by molar-refractivity contribution is 6.00. The van der Waals surface area contributed by atoms with E-state index in [0.29, 0.717) is 24.9 Å². The van der Waals surface area contributed by atoms with E-state index in [0.717, 1.165) is 46.6 Å². The Morgan fingerprint density at radius 1 is 1.00 bits per heavy atom. The van der Waals surface area contributed by atoms with Gasteiger partial charge >= 0.3 is 0 Å².